The molecule has 5 aromatic carbocycles. The second-order valence-electron chi connectivity index (χ2n) is 9.14. The molecule has 0 radical (unpaired) electrons. The summed E-state index contributed by atoms with van der Waals surface area (Å²) in [6, 6.07) is 29.9. The molecular formula is C32H29N5O4. The number of ether oxygens (including phenoxy) is 2. The molecule has 0 aromatic heterocycles. The fraction of sp³-hybridized carbons (Fsp3) is 0.125. The summed E-state index contributed by atoms with van der Waals surface area (Å²) in [5.74, 6) is 1.16. The van der Waals surface area contributed by atoms with E-state index in [2.05, 4.69) is 25.8 Å². The number of methoxy groups -OCH3 is 1. The highest BCUT2D eigenvalue weighted by molar-refractivity contribution is 5.94. The van der Waals surface area contributed by atoms with Gasteiger partial charge in [-0.25, -0.2) is 0 Å². The number of benzene rings is 5. The lowest BCUT2D eigenvalue weighted by Gasteiger charge is -2.10. The van der Waals surface area contributed by atoms with E-state index in [1.165, 1.54) is 0 Å². The van der Waals surface area contributed by atoms with Crippen LogP contribution in [0.5, 0.6) is 17.2 Å². The summed E-state index contributed by atoms with van der Waals surface area (Å²) >= 11 is 0. The lowest BCUT2D eigenvalue weighted by atomic mass is 10.1. The Labute approximate surface area is 237 Å². The topological polar surface area (TPSA) is 120 Å². The van der Waals surface area contributed by atoms with Crippen molar-refractivity contribution in [3.05, 3.63) is 103 Å². The number of anilines is 2. The van der Waals surface area contributed by atoms with Crippen molar-refractivity contribution in [2.45, 2.75) is 6.92 Å². The van der Waals surface area contributed by atoms with E-state index in [0.717, 1.165) is 22.3 Å². The van der Waals surface area contributed by atoms with Crippen LogP contribution in [-0.4, -0.2) is 30.5 Å². The van der Waals surface area contributed by atoms with E-state index in [9.17, 15) is 5.11 Å². The molecule has 5 rings (SSSR count). The third kappa shape index (κ3) is 6.66. The minimum atomic E-state index is -0.0458. The van der Waals surface area contributed by atoms with Gasteiger partial charge in [0, 0.05) is 22.8 Å². The van der Waals surface area contributed by atoms with Gasteiger partial charge in [0.2, 0.25) is 0 Å². The highest BCUT2D eigenvalue weighted by Crippen LogP contribution is 2.40. The minimum Gasteiger partial charge on any atom is -0.505 e. The van der Waals surface area contributed by atoms with E-state index < -0.39 is 0 Å². The smallest absolute Gasteiger partial charge is 0.150 e. The number of hydrogen-bond donors (Lipinski definition) is 3. The van der Waals surface area contributed by atoms with Crippen LogP contribution in [0.2, 0.25) is 0 Å². The number of phenolic OH excluding ortho intramolecular Hbond substituents is 1. The van der Waals surface area contributed by atoms with E-state index in [1.807, 2.05) is 67.6 Å². The summed E-state index contributed by atoms with van der Waals surface area (Å²) in [6.45, 7) is 2.08. The lowest BCUT2D eigenvalue weighted by Crippen LogP contribution is -2.00. The fourth-order valence-electron chi connectivity index (χ4n) is 4.15. The zero-order valence-corrected chi connectivity index (χ0v) is 22.7. The molecule has 0 aliphatic heterocycles. The van der Waals surface area contributed by atoms with Crippen molar-refractivity contribution in [3.8, 4) is 17.2 Å². The molecule has 0 saturated heterocycles. The Morgan fingerprint density at radius 3 is 2.24 bits per heavy atom. The number of aromatic hydroxyl groups is 1. The molecule has 0 saturated carbocycles. The Bertz CT molecular complexity index is 1700. The maximum Gasteiger partial charge on any atom is 0.150 e. The van der Waals surface area contributed by atoms with Gasteiger partial charge in [-0.1, -0.05) is 24.3 Å². The molecule has 0 spiro atoms. The van der Waals surface area contributed by atoms with Gasteiger partial charge in [0.05, 0.1) is 25.1 Å². The van der Waals surface area contributed by atoms with E-state index in [1.54, 1.807) is 43.5 Å². The molecule has 9 heteroatoms. The van der Waals surface area contributed by atoms with Gasteiger partial charge in [-0.05, 0) is 84.6 Å². The average molecular weight is 548 g/mol. The zero-order valence-electron chi connectivity index (χ0n) is 22.7. The molecule has 0 atom stereocenters. The van der Waals surface area contributed by atoms with Crippen LogP contribution in [0.3, 0.4) is 0 Å². The van der Waals surface area contributed by atoms with Crippen molar-refractivity contribution in [3.63, 3.8) is 0 Å². The second kappa shape index (κ2) is 12.7. The molecule has 5 aromatic rings. The van der Waals surface area contributed by atoms with Gasteiger partial charge in [0.1, 0.15) is 29.5 Å². The predicted octanol–water partition coefficient (Wildman–Crippen LogP) is 8.81. The summed E-state index contributed by atoms with van der Waals surface area (Å²) in [5, 5.41) is 42.1. The molecule has 0 heterocycles. The number of rotatable bonds is 10. The lowest BCUT2D eigenvalue weighted by molar-refractivity contribution is 0.201. The molecule has 0 fully saturated rings. The highest BCUT2D eigenvalue weighted by atomic mass is 16.5. The first-order chi connectivity index (χ1) is 20.0. The van der Waals surface area contributed by atoms with E-state index in [-0.39, 0.29) is 19.0 Å². The molecule has 0 aliphatic carbocycles. The van der Waals surface area contributed by atoms with E-state index >= 15 is 0 Å². The number of nitrogens with zero attached hydrogens (tertiary/aromatic N) is 4. The predicted molar refractivity (Wildman–Crippen MR) is 160 cm³/mol. The number of aliphatic hydroxyl groups is 1. The summed E-state index contributed by atoms with van der Waals surface area (Å²) < 4.78 is 10.9. The van der Waals surface area contributed by atoms with Crippen molar-refractivity contribution < 1.29 is 19.7 Å². The van der Waals surface area contributed by atoms with Crippen LogP contribution in [0.25, 0.3) is 10.8 Å². The molecular weight excluding hydrogens is 518 g/mol. The summed E-state index contributed by atoms with van der Waals surface area (Å²) in [5.41, 5.74) is 4.84. The molecule has 41 heavy (non-hydrogen) atoms. The Hall–Kier alpha value is -5.28. The van der Waals surface area contributed by atoms with Crippen LogP contribution in [0.1, 0.15) is 5.56 Å². The van der Waals surface area contributed by atoms with E-state index in [0.29, 0.717) is 39.6 Å². The Kier molecular flexibility index (Phi) is 8.46. The number of azo groups is 2. The Balaban J connectivity index is 1.34. The number of aryl methyl sites for hydroxylation is 1. The van der Waals surface area contributed by atoms with Crippen molar-refractivity contribution >= 4 is 44.9 Å². The quantitative estimate of drug-likeness (QED) is 0.151. The van der Waals surface area contributed by atoms with Gasteiger partial charge in [0.25, 0.3) is 0 Å². The molecule has 0 aliphatic rings. The third-order valence-corrected chi connectivity index (χ3v) is 6.27. The highest BCUT2D eigenvalue weighted by Gasteiger charge is 2.11. The van der Waals surface area contributed by atoms with Crippen LogP contribution in [-0.2, 0) is 0 Å². The number of fused-ring (bicyclic) bond motifs is 1. The fourth-order valence-corrected chi connectivity index (χ4v) is 4.15. The van der Waals surface area contributed by atoms with Crippen LogP contribution in [0.4, 0.5) is 34.1 Å². The standard InChI is InChI=1S/C32H29N5O4/c1-21-18-30(31(40-2)20-29(21)36-34-24-9-12-26(13-10-24)41-17-16-38)37-35-28-15-8-22-19-25(11-14-27(22)32(28)39)33-23-6-4-3-5-7-23/h3-15,18-20,33,38-39H,16-17H2,1-2H3. The molecule has 3 N–H and O–H groups in total. The normalized spacial score (nSPS) is 11.4. The summed E-state index contributed by atoms with van der Waals surface area (Å²) in [6.07, 6.45) is 0. The van der Waals surface area contributed by atoms with Crippen LogP contribution >= 0.6 is 0 Å². The SMILES string of the molecule is COc1cc(N=Nc2ccc(OCCO)cc2)c(C)cc1N=Nc1ccc2cc(Nc3ccccc3)ccc2c1O. The van der Waals surface area contributed by atoms with Gasteiger partial charge in [-0.3, -0.25) is 0 Å². The Morgan fingerprint density at radius 1 is 0.732 bits per heavy atom. The number of nitrogens with one attached hydrogen (secondary N) is 1. The third-order valence-electron chi connectivity index (χ3n) is 6.27. The molecule has 206 valence electrons. The minimum absolute atomic E-state index is 0.0458. The van der Waals surface area contributed by atoms with Crippen molar-refractivity contribution in [2.75, 3.05) is 25.6 Å². The summed E-state index contributed by atoms with van der Waals surface area (Å²) in [7, 11) is 1.55. The maximum absolute atomic E-state index is 10.9. The second-order valence-corrected chi connectivity index (χ2v) is 9.14. The van der Waals surface area contributed by atoms with Crippen molar-refractivity contribution in [1.82, 2.24) is 0 Å². The number of phenols is 1. The number of aliphatic hydroxyl groups excluding tert-OH is 1. The van der Waals surface area contributed by atoms with Gasteiger partial charge >= 0.3 is 0 Å². The van der Waals surface area contributed by atoms with Gasteiger partial charge < -0.3 is 25.0 Å². The van der Waals surface area contributed by atoms with Gasteiger partial charge in [-0.2, -0.15) is 10.2 Å². The van der Waals surface area contributed by atoms with Gasteiger partial charge in [0.15, 0.2) is 5.75 Å². The van der Waals surface area contributed by atoms with Crippen LogP contribution < -0.4 is 14.8 Å². The first-order valence-electron chi connectivity index (χ1n) is 13.0. The summed E-state index contributed by atoms with van der Waals surface area (Å²) in [4.78, 5) is 0. The largest absolute Gasteiger partial charge is 0.505 e. The average Bonchev–Trinajstić information content (AvgIpc) is 3.00. The van der Waals surface area contributed by atoms with E-state index in [4.69, 9.17) is 14.6 Å². The van der Waals surface area contributed by atoms with Gasteiger partial charge in [-0.15, -0.1) is 10.2 Å². The molecule has 0 bridgehead atoms. The molecule has 0 amide bonds. The van der Waals surface area contributed by atoms with Crippen LogP contribution in [0.15, 0.2) is 118 Å². The maximum atomic E-state index is 10.9. The number of para-hydroxylation sites is 1. The number of hydrogen-bond acceptors (Lipinski definition) is 9. The van der Waals surface area contributed by atoms with Crippen LogP contribution in [0, 0.1) is 6.92 Å². The van der Waals surface area contributed by atoms with Crippen molar-refractivity contribution in [1.29, 1.82) is 0 Å². The van der Waals surface area contributed by atoms with Crippen molar-refractivity contribution in [2.24, 2.45) is 20.5 Å². The molecule has 0 unspecified atom stereocenters. The first kappa shape index (κ1) is 27.3. The Morgan fingerprint density at radius 2 is 1.49 bits per heavy atom. The first-order valence-corrected chi connectivity index (χ1v) is 13.0. The zero-order chi connectivity index (χ0) is 28.6. The molecule has 9 nitrogen and oxygen atoms in total. The monoisotopic (exact) mass is 547 g/mol.